The Kier molecular flexibility index (Phi) is 5.22. The van der Waals surface area contributed by atoms with Crippen molar-refractivity contribution in [3.8, 4) is 0 Å². The summed E-state index contributed by atoms with van der Waals surface area (Å²) in [5.74, 6) is -1.12. The lowest BCUT2D eigenvalue weighted by atomic mass is 10.0. The molecule has 0 radical (unpaired) electrons. The Labute approximate surface area is 143 Å². The first-order chi connectivity index (χ1) is 11.2. The molecule has 1 saturated heterocycles. The van der Waals surface area contributed by atoms with Crippen LogP contribution in [0.15, 0.2) is 11.3 Å². The first-order valence-corrected chi connectivity index (χ1v) is 8.43. The highest BCUT2D eigenvalue weighted by atomic mass is 32.2. The normalized spacial score (nSPS) is 23.2. The lowest BCUT2D eigenvalue weighted by Gasteiger charge is -2.49. The molecular formula is C15H20N2O6S. The predicted octanol–water partition coefficient (Wildman–Crippen LogP) is 0.175. The zero-order valence-corrected chi connectivity index (χ0v) is 14.8. The molecule has 2 unspecified atom stereocenters. The van der Waals surface area contributed by atoms with Gasteiger partial charge in [-0.15, -0.1) is 11.8 Å². The smallest absolute Gasteiger partial charge is 0.355 e. The molecule has 132 valence electrons. The molecule has 2 heterocycles. The fourth-order valence-electron chi connectivity index (χ4n) is 2.39. The highest BCUT2D eigenvalue weighted by Gasteiger charge is 2.54. The van der Waals surface area contributed by atoms with E-state index in [0.717, 1.165) is 0 Å². The Balaban J connectivity index is 2.30. The number of hydrogen-bond donors (Lipinski definition) is 1. The first kappa shape index (κ1) is 18.3. The van der Waals surface area contributed by atoms with Crippen molar-refractivity contribution >= 4 is 36.0 Å². The zero-order chi connectivity index (χ0) is 18.1. The van der Waals surface area contributed by atoms with Gasteiger partial charge in [-0.1, -0.05) is 0 Å². The minimum absolute atomic E-state index is 0.0841. The van der Waals surface area contributed by atoms with E-state index in [-0.39, 0.29) is 23.6 Å². The van der Waals surface area contributed by atoms with Crippen molar-refractivity contribution < 1.29 is 28.7 Å². The molecule has 2 aliphatic rings. The third-order valence-corrected chi connectivity index (χ3v) is 4.68. The van der Waals surface area contributed by atoms with Gasteiger partial charge >= 0.3 is 11.9 Å². The second-order valence-electron chi connectivity index (χ2n) is 6.41. The van der Waals surface area contributed by atoms with Gasteiger partial charge in [0.15, 0.2) is 0 Å². The van der Waals surface area contributed by atoms with Gasteiger partial charge in [-0.25, -0.2) is 4.79 Å². The molecule has 0 bridgehead atoms. The molecule has 2 aliphatic heterocycles. The van der Waals surface area contributed by atoms with Crippen LogP contribution in [0.3, 0.4) is 0 Å². The lowest BCUT2D eigenvalue weighted by molar-refractivity contribution is -0.159. The number of amides is 2. The summed E-state index contributed by atoms with van der Waals surface area (Å²) in [5, 5.41) is 2.08. The van der Waals surface area contributed by atoms with E-state index in [1.807, 2.05) is 0 Å². The van der Waals surface area contributed by atoms with Crippen molar-refractivity contribution in [1.29, 1.82) is 0 Å². The molecule has 9 heteroatoms. The Morgan fingerprint density at radius 1 is 1.42 bits per heavy atom. The van der Waals surface area contributed by atoms with Crippen LogP contribution >= 0.6 is 11.8 Å². The minimum atomic E-state index is -0.731. The SMILES string of the molecule is CC(=O)OCC1=C(C(=O)OC(C)(C)C)N2C(=O)C(NC=O)C2SC1. The van der Waals surface area contributed by atoms with Crippen molar-refractivity contribution in [2.24, 2.45) is 0 Å². The molecule has 0 aromatic heterocycles. The molecule has 2 atom stereocenters. The third kappa shape index (κ3) is 3.72. The fraction of sp³-hybridized carbons (Fsp3) is 0.600. The van der Waals surface area contributed by atoms with Crippen LogP contribution in [0.4, 0.5) is 0 Å². The number of β-lactam (4-membered cyclic amide) rings is 1. The van der Waals surface area contributed by atoms with Crippen LogP contribution in [-0.2, 0) is 28.7 Å². The molecule has 0 aromatic carbocycles. The van der Waals surface area contributed by atoms with Crippen LogP contribution in [0.1, 0.15) is 27.7 Å². The van der Waals surface area contributed by atoms with Crippen molar-refractivity contribution in [2.75, 3.05) is 12.4 Å². The van der Waals surface area contributed by atoms with Gasteiger partial charge in [-0.3, -0.25) is 19.3 Å². The van der Waals surface area contributed by atoms with Gasteiger partial charge in [0.2, 0.25) is 6.41 Å². The summed E-state index contributed by atoms with van der Waals surface area (Å²) in [4.78, 5) is 47.8. The van der Waals surface area contributed by atoms with Gasteiger partial charge in [0.1, 0.15) is 29.3 Å². The number of carbonyl (C=O) groups excluding carboxylic acids is 4. The number of nitrogens with one attached hydrogen (secondary N) is 1. The number of fused-ring (bicyclic) bond motifs is 1. The van der Waals surface area contributed by atoms with Crippen molar-refractivity contribution in [3.05, 3.63) is 11.3 Å². The van der Waals surface area contributed by atoms with Crippen LogP contribution in [0.5, 0.6) is 0 Å². The van der Waals surface area contributed by atoms with Gasteiger partial charge in [0.05, 0.1) is 0 Å². The van der Waals surface area contributed by atoms with Crippen molar-refractivity contribution in [3.63, 3.8) is 0 Å². The van der Waals surface area contributed by atoms with E-state index < -0.39 is 23.6 Å². The van der Waals surface area contributed by atoms with Crippen molar-refractivity contribution in [1.82, 2.24) is 10.2 Å². The highest BCUT2D eigenvalue weighted by molar-refractivity contribution is 8.00. The lowest BCUT2D eigenvalue weighted by Crippen LogP contribution is -2.69. The molecule has 0 saturated carbocycles. The largest absolute Gasteiger partial charge is 0.461 e. The van der Waals surface area contributed by atoms with E-state index in [4.69, 9.17) is 9.47 Å². The van der Waals surface area contributed by atoms with Crippen LogP contribution < -0.4 is 5.32 Å². The van der Waals surface area contributed by atoms with Gasteiger partial charge in [0, 0.05) is 18.2 Å². The van der Waals surface area contributed by atoms with E-state index in [9.17, 15) is 19.2 Å². The molecule has 0 aliphatic carbocycles. The molecule has 1 fully saturated rings. The molecule has 24 heavy (non-hydrogen) atoms. The molecule has 2 rings (SSSR count). The number of thioether (sulfide) groups is 1. The maximum Gasteiger partial charge on any atom is 0.355 e. The molecular weight excluding hydrogens is 336 g/mol. The number of hydrogen-bond acceptors (Lipinski definition) is 7. The maximum atomic E-state index is 12.6. The average molecular weight is 356 g/mol. The Morgan fingerprint density at radius 3 is 2.62 bits per heavy atom. The summed E-state index contributed by atoms with van der Waals surface area (Å²) >= 11 is 1.39. The summed E-state index contributed by atoms with van der Waals surface area (Å²) in [6, 6.07) is -0.666. The van der Waals surface area contributed by atoms with E-state index >= 15 is 0 Å². The monoisotopic (exact) mass is 356 g/mol. The second-order valence-corrected chi connectivity index (χ2v) is 7.51. The first-order valence-electron chi connectivity index (χ1n) is 7.39. The summed E-state index contributed by atoms with van der Waals surface area (Å²) in [5.41, 5.74) is -0.118. The summed E-state index contributed by atoms with van der Waals surface area (Å²) < 4.78 is 10.4. The zero-order valence-electron chi connectivity index (χ0n) is 14.0. The minimum Gasteiger partial charge on any atom is -0.461 e. The van der Waals surface area contributed by atoms with Crippen LogP contribution in [0, 0.1) is 0 Å². The van der Waals surface area contributed by atoms with E-state index in [2.05, 4.69) is 5.32 Å². The van der Waals surface area contributed by atoms with Gasteiger partial charge < -0.3 is 14.8 Å². The number of carbonyl (C=O) groups is 4. The Hall–Kier alpha value is -2.03. The van der Waals surface area contributed by atoms with E-state index in [0.29, 0.717) is 17.7 Å². The predicted molar refractivity (Wildman–Crippen MR) is 85.6 cm³/mol. The number of nitrogens with zero attached hydrogens (tertiary/aromatic N) is 1. The molecule has 8 nitrogen and oxygen atoms in total. The van der Waals surface area contributed by atoms with Crippen LogP contribution in [0.25, 0.3) is 0 Å². The summed E-state index contributed by atoms with van der Waals surface area (Å²) in [6.45, 7) is 6.35. The van der Waals surface area contributed by atoms with Crippen LogP contribution in [-0.4, -0.2) is 58.5 Å². The molecule has 2 amide bonds. The molecule has 0 aromatic rings. The molecule has 1 N–H and O–H groups in total. The second kappa shape index (κ2) is 6.84. The average Bonchev–Trinajstić information content (AvgIpc) is 2.47. The number of rotatable bonds is 5. The van der Waals surface area contributed by atoms with Gasteiger partial charge in [-0.2, -0.15) is 0 Å². The summed E-state index contributed by atoms with van der Waals surface area (Å²) in [6.07, 6.45) is 0.464. The maximum absolute atomic E-state index is 12.6. The fourth-order valence-corrected chi connectivity index (χ4v) is 3.73. The van der Waals surface area contributed by atoms with Crippen LogP contribution in [0.2, 0.25) is 0 Å². The quantitative estimate of drug-likeness (QED) is 0.426. The van der Waals surface area contributed by atoms with Crippen molar-refractivity contribution in [2.45, 2.75) is 44.7 Å². The Morgan fingerprint density at radius 2 is 2.08 bits per heavy atom. The van der Waals surface area contributed by atoms with Gasteiger partial charge in [-0.05, 0) is 20.8 Å². The third-order valence-electron chi connectivity index (χ3n) is 3.34. The highest BCUT2D eigenvalue weighted by Crippen LogP contribution is 2.40. The number of esters is 2. The Bertz CT molecular complexity index is 610. The van der Waals surface area contributed by atoms with E-state index in [1.165, 1.54) is 23.6 Å². The van der Waals surface area contributed by atoms with Gasteiger partial charge in [0.25, 0.3) is 5.91 Å². The number of ether oxygens (including phenoxy) is 2. The van der Waals surface area contributed by atoms with E-state index in [1.54, 1.807) is 20.8 Å². The molecule has 0 spiro atoms. The summed E-state index contributed by atoms with van der Waals surface area (Å²) in [7, 11) is 0. The topological polar surface area (TPSA) is 102 Å². The standard InChI is InChI=1S/C15H20N2O6S/c1-8(19)22-5-9-6-24-13-10(16-7-18)12(20)17(13)11(9)14(21)23-15(2,3)4/h7,10,13H,5-6H2,1-4H3,(H,16,18).